The minimum Gasteiger partial charge on any atom is -0.477 e. The van der Waals surface area contributed by atoms with Crippen LogP contribution in [0.1, 0.15) is 34.6 Å². The van der Waals surface area contributed by atoms with Crippen LogP contribution >= 0.6 is 11.6 Å². The Morgan fingerprint density at radius 3 is 2.52 bits per heavy atom. The van der Waals surface area contributed by atoms with E-state index in [2.05, 4.69) is 30.4 Å². The molecule has 0 saturated carbocycles. The summed E-state index contributed by atoms with van der Waals surface area (Å²) in [6.07, 6.45) is 1.41. The van der Waals surface area contributed by atoms with Gasteiger partial charge in [0.25, 0.3) is 0 Å². The highest BCUT2D eigenvalue weighted by Crippen LogP contribution is 2.33. The first-order chi connectivity index (χ1) is 20.0. The highest BCUT2D eigenvalue weighted by molar-refractivity contribution is 6.31. The third kappa shape index (κ3) is 6.12. The van der Waals surface area contributed by atoms with Crippen molar-refractivity contribution in [1.29, 1.82) is 0 Å². The Morgan fingerprint density at radius 1 is 1.10 bits per heavy atom. The number of alkyl halides is 3. The van der Waals surface area contributed by atoms with E-state index in [9.17, 15) is 27.5 Å². The number of rotatable bonds is 8. The summed E-state index contributed by atoms with van der Waals surface area (Å²) in [5.41, 5.74) is -0.183. The molecule has 15 heteroatoms. The van der Waals surface area contributed by atoms with E-state index in [0.717, 1.165) is 28.6 Å². The van der Waals surface area contributed by atoms with Crippen molar-refractivity contribution >= 4 is 29.2 Å². The number of hydrogen-bond donors (Lipinski definition) is 2. The smallest absolute Gasteiger partial charge is 0.435 e. The number of pyridine rings is 2. The molecule has 0 aliphatic rings. The van der Waals surface area contributed by atoms with Gasteiger partial charge in [0.05, 0.1) is 5.02 Å². The van der Waals surface area contributed by atoms with E-state index in [4.69, 9.17) is 16.3 Å². The number of carbonyl (C=O) groups is 1. The van der Waals surface area contributed by atoms with Crippen molar-refractivity contribution in [2.45, 2.75) is 19.2 Å². The number of anilines is 2. The van der Waals surface area contributed by atoms with Gasteiger partial charge in [0.1, 0.15) is 17.5 Å². The maximum atomic E-state index is 13.6. The number of aromatic nitrogens is 6. The zero-order chi connectivity index (χ0) is 30.0. The van der Waals surface area contributed by atoms with Crippen LogP contribution in [-0.4, -0.2) is 40.8 Å². The van der Waals surface area contributed by atoms with E-state index >= 15 is 0 Å². The van der Waals surface area contributed by atoms with Gasteiger partial charge in [-0.15, -0.1) is 0 Å². The van der Waals surface area contributed by atoms with Gasteiger partial charge < -0.3 is 15.2 Å². The minimum absolute atomic E-state index is 0.0852. The van der Waals surface area contributed by atoms with E-state index in [1.807, 2.05) is 0 Å². The number of aromatic carboxylic acids is 1. The molecule has 4 aromatic heterocycles. The largest absolute Gasteiger partial charge is 0.477 e. The lowest BCUT2D eigenvalue weighted by Gasteiger charge is -2.17. The van der Waals surface area contributed by atoms with Gasteiger partial charge >= 0.3 is 12.1 Å². The Balaban J connectivity index is 1.57. The zero-order valence-corrected chi connectivity index (χ0v) is 22.1. The molecule has 1 atom stereocenters. The van der Waals surface area contributed by atoms with Gasteiger partial charge in [0.2, 0.25) is 11.8 Å². The van der Waals surface area contributed by atoms with Crippen LogP contribution in [0.2, 0.25) is 5.02 Å². The van der Waals surface area contributed by atoms with Crippen molar-refractivity contribution in [3.8, 4) is 22.8 Å². The first-order valence-electron chi connectivity index (χ1n) is 12.0. The first kappa shape index (κ1) is 28.4. The lowest BCUT2D eigenvalue weighted by Crippen LogP contribution is -2.11. The van der Waals surface area contributed by atoms with Crippen molar-refractivity contribution in [2.75, 3.05) is 5.32 Å². The Kier molecular flexibility index (Phi) is 7.72. The molecule has 214 valence electrons. The third-order valence-electron chi connectivity index (χ3n) is 5.90. The SMILES string of the molecule is CC(Oc1ncc(-c2cnc(Nc3ccc(F)c(Cl)c3)nc2-n2ccc(C(F)(F)F)n2)cc1C(=O)O)c1ccncc1. The Labute approximate surface area is 239 Å². The van der Waals surface area contributed by atoms with Gasteiger partial charge in [0, 0.05) is 47.8 Å². The Bertz CT molecular complexity index is 1770. The summed E-state index contributed by atoms with van der Waals surface area (Å²) < 4.78 is 60.3. The summed E-state index contributed by atoms with van der Waals surface area (Å²) in [5.74, 6) is -2.40. The van der Waals surface area contributed by atoms with E-state index < -0.39 is 29.8 Å². The molecule has 4 heterocycles. The van der Waals surface area contributed by atoms with Crippen LogP contribution < -0.4 is 10.1 Å². The molecule has 5 aromatic rings. The van der Waals surface area contributed by atoms with Crippen molar-refractivity contribution in [2.24, 2.45) is 0 Å². The summed E-state index contributed by atoms with van der Waals surface area (Å²) in [6.45, 7) is 1.71. The number of nitrogens with zero attached hydrogens (tertiary/aromatic N) is 6. The van der Waals surface area contributed by atoms with E-state index in [0.29, 0.717) is 5.69 Å². The molecule has 1 aromatic carbocycles. The quantitative estimate of drug-likeness (QED) is 0.192. The average molecular weight is 600 g/mol. The van der Waals surface area contributed by atoms with Crippen LogP contribution in [-0.2, 0) is 6.18 Å². The monoisotopic (exact) mass is 599 g/mol. The van der Waals surface area contributed by atoms with Gasteiger partial charge in [-0.25, -0.2) is 23.8 Å². The molecular weight excluding hydrogens is 582 g/mol. The van der Waals surface area contributed by atoms with Gasteiger partial charge in [-0.2, -0.15) is 23.3 Å². The maximum Gasteiger partial charge on any atom is 0.435 e. The molecule has 2 N–H and O–H groups in total. The summed E-state index contributed by atoms with van der Waals surface area (Å²) in [7, 11) is 0. The highest BCUT2D eigenvalue weighted by Gasteiger charge is 2.34. The molecular formula is C27H18ClF4N7O3. The van der Waals surface area contributed by atoms with Crippen molar-refractivity contribution < 1.29 is 32.2 Å². The van der Waals surface area contributed by atoms with E-state index in [1.54, 1.807) is 31.5 Å². The topological polar surface area (TPSA) is 128 Å². The van der Waals surface area contributed by atoms with Crippen LogP contribution in [0.25, 0.3) is 16.9 Å². The number of carboxylic acids is 1. The van der Waals surface area contributed by atoms with Gasteiger partial charge in [-0.1, -0.05) is 11.6 Å². The summed E-state index contributed by atoms with van der Waals surface area (Å²) in [6, 6.07) is 9.17. The molecule has 0 amide bonds. The van der Waals surface area contributed by atoms with Crippen LogP contribution in [0, 0.1) is 5.82 Å². The van der Waals surface area contributed by atoms with Crippen LogP contribution in [0.15, 0.2) is 73.4 Å². The summed E-state index contributed by atoms with van der Waals surface area (Å²) >= 11 is 5.83. The summed E-state index contributed by atoms with van der Waals surface area (Å²) in [5, 5.41) is 16.1. The third-order valence-corrected chi connectivity index (χ3v) is 6.19. The fourth-order valence-corrected chi connectivity index (χ4v) is 4.00. The summed E-state index contributed by atoms with van der Waals surface area (Å²) in [4.78, 5) is 28.8. The van der Waals surface area contributed by atoms with Gasteiger partial charge in [0.15, 0.2) is 11.5 Å². The molecule has 1 unspecified atom stereocenters. The normalized spacial score (nSPS) is 12.1. The fourth-order valence-electron chi connectivity index (χ4n) is 3.82. The predicted octanol–water partition coefficient (Wildman–Crippen LogP) is 6.51. The Morgan fingerprint density at radius 2 is 1.86 bits per heavy atom. The lowest BCUT2D eigenvalue weighted by atomic mass is 10.1. The minimum atomic E-state index is -4.73. The number of benzene rings is 1. The Hall–Kier alpha value is -5.11. The second-order valence-electron chi connectivity index (χ2n) is 8.75. The average Bonchev–Trinajstić information content (AvgIpc) is 3.47. The molecule has 0 saturated heterocycles. The number of carboxylic acid groups (broad SMARTS) is 1. The van der Waals surface area contributed by atoms with Gasteiger partial charge in [-0.3, -0.25) is 4.98 Å². The van der Waals surface area contributed by atoms with Crippen molar-refractivity contribution in [3.05, 3.63) is 101 Å². The van der Waals surface area contributed by atoms with Crippen molar-refractivity contribution in [1.82, 2.24) is 29.7 Å². The maximum absolute atomic E-state index is 13.6. The number of ether oxygens (including phenoxy) is 1. The number of halogens is 5. The standard InChI is InChI=1S/C27H18ClF4N7O3/c1-14(15-4-7-33-8-5-15)42-24-18(25(40)41)10-16(12-34-24)19-13-35-26(36-17-2-3-21(29)20(28)11-17)37-23(19)39-9-6-22(38-39)27(30,31)32/h2-14H,1H3,(H,40,41)(H,35,36,37). The molecule has 42 heavy (non-hydrogen) atoms. The second kappa shape index (κ2) is 11.4. The molecule has 0 aliphatic heterocycles. The first-order valence-corrected chi connectivity index (χ1v) is 12.4. The number of hydrogen-bond acceptors (Lipinski definition) is 8. The zero-order valence-electron chi connectivity index (χ0n) is 21.3. The second-order valence-corrected chi connectivity index (χ2v) is 9.16. The molecule has 10 nitrogen and oxygen atoms in total. The van der Waals surface area contributed by atoms with E-state index in [-0.39, 0.29) is 39.4 Å². The predicted molar refractivity (Wildman–Crippen MR) is 142 cm³/mol. The highest BCUT2D eigenvalue weighted by atomic mass is 35.5. The molecule has 0 bridgehead atoms. The van der Waals surface area contributed by atoms with Crippen LogP contribution in [0.3, 0.4) is 0 Å². The number of nitrogens with one attached hydrogen (secondary N) is 1. The molecule has 5 rings (SSSR count). The van der Waals surface area contributed by atoms with Gasteiger partial charge in [-0.05, 0) is 55.0 Å². The lowest BCUT2D eigenvalue weighted by molar-refractivity contribution is -0.141. The molecule has 0 fully saturated rings. The van der Waals surface area contributed by atoms with Crippen LogP contribution in [0.4, 0.5) is 29.2 Å². The molecule has 0 aliphatic carbocycles. The van der Waals surface area contributed by atoms with Crippen molar-refractivity contribution in [3.63, 3.8) is 0 Å². The molecule has 0 spiro atoms. The van der Waals surface area contributed by atoms with E-state index in [1.165, 1.54) is 30.6 Å². The van der Waals surface area contributed by atoms with Crippen LogP contribution in [0.5, 0.6) is 5.88 Å². The molecule has 0 radical (unpaired) electrons. The fraction of sp³-hybridized carbons (Fsp3) is 0.111.